The number of nitrogens with one attached hydrogen (secondary N) is 1. The van der Waals surface area contributed by atoms with Crippen molar-refractivity contribution < 1.29 is 39.8 Å². The summed E-state index contributed by atoms with van der Waals surface area (Å²) in [6.07, 6.45) is 54.3. The number of allylic oxidation sites excluding steroid dienone is 1. The molecular weight excluding hydrogens is 851 g/mol. The highest BCUT2D eigenvalue weighted by Gasteiger charge is 2.44. The molecular formula is C59H115NO8. The van der Waals surface area contributed by atoms with E-state index in [1.54, 1.807) is 6.08 Å². The predicted molar refractivity (Wildman–Crippen MR) is 286 cm³/mol. The van der Waals surface area contributed by atoms with Gasteiger partial charge in [0.05, 0.1) is 25.4 Å². The highest BCUT2D eigenvalue weighted by Crippen LogP contribution is 2.23. The summed E-state index contributed by atoms with van der Waals surface area (Å²) < 4.78 is 11.3. The van der Waals surface area contributed by atoms with Gasteiger partial charge in [-0.15, -0.1) is 0 Å². The van der Waals surface area contributed by atoms with Gasteiger partial charge in [0.1, 0.15) is 24.4 Å². The van der Waals surface area contributed by atoms with E-state index in [4.69, 9.17) is 9.47 Å². The average Bonchev–Trinajstić information content (AvgIpc) is 3.34. The number of hydrogen-bond donors (Lipinski definition) is 6. The molecule has 1 rings (SSSR count). The third kappa shape index (κ3) is 38.6. The Bertz CT molecular complexity index is 1080. The second-order valence-electron chi connectivity index (χ2n) is 21.2. The molecule has 68 heavy (non-hydrogen) atoms. The van der Waals surface area contributed by atoms with Crippen LogP contribution in [0.15, 0.2) is 12.2 Å². The maximum atomic E-state index is 13.0. The molecule has 1 fully saturated rings. The van der Waals surface area contributed by atoms with Crippen LogP contribution in [0.2, 0.25) is 0 Å². The monoisotopic (exact) mass is 966 g/mol. The Morgan fingerprint density at radius 3 is 1.15 bits per heavy atom. The molecule has 1 amide bonds. The van der Waals surface area contributed by atoms with Crippen molar-refractivity contribution in [1.82, 2.24) is 5.32 Å². The van der Waals surface area contributed by atoms with Gasteiger partial charge in [-0.2, -0.15) is 0 Å². The molecule has 0 spiro atoms. The summed E-state index contributed by atoms with van der Waals surface area (Å²) >= 11 is 0. The lowest BCUT2D eigenvalue weighted by Gasteiger charge is -2.40. The topological polar surface area (TPSA) is 149 Å². The molecule has 6 N–H and O–H groups in total. The Balaban J connectivity index is 2.18. The summed E-state index contributed by atoms with van der Waals surface area (Å²) in [4.78, 5) is 13.0. The highest BCUT2D eigenvalue weighted by atomic mass is 16.7. The summed E-state index contributed by atoms with van der Waals surface area (Å²) in [5, 5.41) is 54.5. The number of carbonyl (C=O) groups is 1. The molecule has 7 unspecified atom stereocenters. The molecule has 0 aliphatic carbocycles. The number of amides is 1. The van der Waals surface area contributed by atoms with E-state index in [2.05, 4.69) is 19.2 Å². The fourth-order valence-corrected chi connectivity index (χ4v) is 9.87. The molecule has 404 valence electrons. The number of hydrogen-bond acceptors (Lipinski definition) is 8. The minimum Gasteiger partial charge on any atom is -0.394 e. The van der Waals surface area contributed by atoms with Crippen LogP contribution in [0, 0.1) is 0 Å². The smallest absolute Gasteiger partial charge is 0.220 e. The van der Waals surface area contributed by atoms with Crippen LogP contribution >= 0.6 is 0 Å². The first-order valence-corrected chi connectivity index (χ1v) is 29.9. The van der Waals surface area contributed by atoms with Crippen LogP contribution in [0.3, 0.4) is 0 Å². The Hall–Kier alpha value is -1.07. The van der Waals surface area contributed by atoms with Crippen LogP contribution in [-0.4, -0.2) is 87.5 Å². The van der Waals surface area contributed by atoms with Gasteiger partial charge < -0.3 is 40.3 Å². The van der Waals surface area contributed by atoms with Gasteiger partial charge in [0.2, 0.25) is 5.91 Å². The van der Waals surface area contributed by atoms with Crippen LogP contribution in [-0.2, 0) is 14.3 Å². The van der Waals surface area contributed by atoms with Gasteiger partial charge in [-0.1, -0.05) is 289 Å². The van der Waals surface area contributed by atoms with Crippen LogP contribution in [0.25, 0.3) is 0 Å². The zero-order valence-electron chi connectivity index (χ0n) is 44.9. The van der Waals surface area contributed by atoms with E-state index >= 15 is 0 Å². The zero-order chi connectivity index (χ0) is 49.4. The fourth-order valence-electron chi connectivity index (χ4n) is 9.87. The number of rotatable bonds is 52. The predicted octanol–water partition coefficient (Wildman–Crippen LogP) is 14.8. The minimum absolute atomic E-state index is 0.170. The first kappa shape index (κ1) is 64.9. The first-order valence-electron chi connectivity index (χ1n) is 29.9. The Kier molecular flexibility index (Phi) is 47.3. The van der Waals surface area contributed by atoms with Crippen molar-refractivity contribution in [2.45, 2.75) is 346 Å². The van der Waals surface area contributed by atoms with Crippen molar-refractivity contribution >= 4 is 5.91 Å². The lowest BCUT2D eigenvalue weighted by molar-refractivity contribution is -0.302. The lowest BCUT2D eigenvalue weighted by atomic mass is 9.99. The van der Waals surface area contributed by atoms with Crippen molar-refractivity contribution in [2.75, 3.05) is 13.2 Å². The van der Waals surface area contributed by atoms with E-state index in [1.807, 2.05) is 6.08 Å². The van der Waals surface area contributed by atoms with Gasteiger partial charge in [-0.05, 0) is 19.3 Å². The number of carbonyl (C=O) groups excluding carboxylic acids is 1. The number of unbranched alkanes of at least 4 members (excludes halogenated alkanes) is 42. The van der Waals surface area contributed by atoms with Crippen molar-refractivity contribution in [3.8, 4) is 0 Å². The van der Waals surface area contributed by atoms with Crippen LogP contribution in [0.4, 0.5) is 0 Å². The summed E-state index contributed by atoms with van der Waals surface area (Å²) in [5.41, 5.74) is 0. The standard InChI is InChI=1S/C59H115NO8/c1-3-5-7-9-11-13-15-17-19-21-22-23-24-25-26-27-28-29-30-31-33-34-36-38-40-42-44-46-48-53(62)52(51-67-59-58(66)57(65)56(64)54(50-61)68-59)60-55(63)49-47-45-43-41-39-37-35-32-20-18-16-14-12-10-8-6-4-2/h46,48,52-54,56-59,61-62,64-66H,3-45,47,49-51H2,1-2H3,(H,60,63)/b48-46+. The summed E-state index contributed by atoms with van der Waals surface area (Å²) in [7, 11) is 0. The van der Waals surface area contributed by atoms with Crippen LogP contribution in [0.1, 0.15) is 303 Å². The number of aliphatic hydroxyl groups is 5. The van der Waals surface area contributed by atoms with Crippen molar-refractivity contribution in [3.63, 3.8) is 0 Å². The summed E-state index contributed by atoms with van der Waals surface area (Å²) in [6, 6.07) is -0.800. The van der Waals surface area contributed by atoms with E-state index in [0.29, 0.717) is 6.42 Å². The van der Waals surface area contributed by atoms with E-state index in [1.165, 1.54) is 244 Å². The molecule has 0 radical (unpaired) electrons. The third-order valence-corrected chi connectivity index (χ3v) is 14.6. The minimum atomic E-state index is -1.56. The maximum absolute atomic E-state index is 13.0. The summed E-state index contributed by atoms with van der Waals surface area (Å²) in [5.74, 6) is -0.170. The maximum Gasteiger partial charge on any atom is 0.220 e. The Morgan fingerprint density at radius 1 is 0.485 bits per heavy atom. The molecule has 1 heterocycles. The van der Waals surface area contributed by atoms with Crippen LogP contribution < -0.4 is 5.32 Å². The molecule has 1 saturated heterocycles. The Labute approximate surface area is 420 Å². The zero-order valence-corrected chi connectivity index (χ0v) is 44.9. The van der Waals surface area contributed by atoms with Gasteiger partial charge in [0, 0.05) is 6.42 Å². The second-order valence-corrected chi connectivity index (χ2v) is 21.2. The molecule has 0 aromatic carbocycles. The third-order valence-electron chi connectivity index (χ3n) is 14.6. The molecule has 1 aliphatic rings. The molecule has 9 heteroatoms. The molecule has 1 aliphatic heterocycles. The number of aliphatic hydroxyl groups excluding tert-OH is 5. The van der Waals surface area contributed by atoms with Gasteiger partial charge in [0.15, 0.2) is 6.29 Å². The van der Waals surface area contributed by atoms with E-state index in [-0.39, 0.29) is 12.5 Å². The van der Waals surface area contributed by atoms with Gasteiger partial charge in [-0.3, -0.25) is 4.79 Å². The van der Waals surface area contributed by atoms with Crippen molar-refractivity contribution in [3.05, 3.63) is 12.2 Å². The lowest BCUT2D eigenvalue weighted by Crippen LogP contribution is -2.60. The van der Waals surface area contributed by atoms with Gasteiger partial charge in [0.25, 0.3) is 0 Å². The second kappa shape index (κ2) is 49.5. The first-order chi connectivity index (χ1) is 33.3. The van der Waals surface area contributed by atoms with Gasteiger partial charge >= 0.3 is 0 Å². The quantitative estimate of drug-likeness (QED) is 0.0261. The highest BCUT2D eigenvalue weighted by molar-refractivity contribution is 5.76. The molecule has 9 nitrogen and oxygen atoms in total. The van der Waals surface area contributed by atoms with Crippen LogP contribution in [0.5, 0.6) is 0 Å². The van der Waals surface area contributed by atoms with Crippen molar-refractivity contribution in [2.24, 2.45) is 0 Å². The Morgan fingerprint density at radius 2 is 0.809 bits per heavy atom. The van der Waals surface area contributed by atoms with Gasteiger partial charge in [-0.25, -0.2) is 0 Å². The molecule has 0 saturated carbocycles. The SMILES string of the molecule is CCCCCCCCCCCCCCCCCCCCCCCCCCCC/C=C/C(O)C(COC1OC(CO)C(O)C(O)C1O)NC(=O)CCCCCCCCCCCCCCCCCCC. The molecule has 7 atom stereocenters. The normalized spacial score (nSPS) is 19.5. The number of ether oxygens (including phenoxy) is 2. The average molecular weight is 967 g/mol. The van der Waals surface area contributed by atoms with Crippen molar-refractivity contribution in [1.29, 1.82) is 0 Å². The molecule has 0 aromatic rings. The van der Waals surface area contributed by atoms with E-state index < -0.39 is 49.5 Å². The fraction of sp³-hybridized carbons (Fsp3) is 0.949. The molecule has 0 aromatic heterocycles. The van der Waals surface area contributed by atoms with E-state index in [9.17, 15) is 30.3 Å². The van der Waals surface area contributed by atoms with E-state index in [0.717, 1.165) is 38.5 Å². The largest absolute Gasteiger partial charge is 0.394 e. The summed E-state index contributed by atoms with van der Waals surface area (Å²) in [6.45, 7) is 3.82. The molecule has 0 bridgehead atoms.